The first-order valence-electron chi connectivity index (χ1n) is 6.12. The molecule has 4 nitrogen and oxygen atoms in total. The minimum Gasteiger partial charge on any atom is -0.496 e. The van der Waals surface area contributed by atoms with Crippen molar-refractivity contribution in [3.8, 4) is 16.9 Å². The molecule has 1 aromatic carbocycles. The topological polar surface area (TPSA) is 40.5 Å². The maximum atomic E-state index is 11.9. The first kappa shape index (κ1) is 13.2. The highest BCUT2D eigenvalue weighted by molar-refractivity contribution is 5.98. The van der Waals surface area contributed by atoms with E-state index in [9.17, 15) is 4.79 Å². The average molecular weight is 259 g/mol. The number of methoxy groups -OCH3 is 2. The molecule has 0 saturated heterocycles. The summed E-state index contributed by atoms with van der Waals surface area (Å²) in [5.41, 5.74) is 2.26. The number of benzene rings is 1. The Hall–Kier alpha value is -2.23. The van der Waals surface area contributed by atoms with Gasteiger partial charge in [-0.1, -0.05) is 18.2 Å². The number of aromatic nitrogens is 1. The lowest BCUT2D eigenvalue weighted by atomic mass is 10.0. The standard InChI is InChI=1S/C15H17NO3/c1-4-16-9-12(13(10-16)15(17)19-3)11-7-5-6-8-14(11)18-2/h5-10H,4H2,1-3H3. The monoisotopic (exact) mass is 259 g/mol. The molecule has 100 valence electrons. The number of aryl methyl sites for hydroxylation is 1. The van der Waals surface area contributed by atoms with E-state index in [1.54, 1.807) is 13.3 Å². The maximum absolute atomic E-state index is 11.9. The molecule has 1 aromatic heterocycles. The van der Waals surface area contributed by atoms with Crippen molar-refractivity contribution >= 4 is 5.97 Å². The van der Waals surface area contributed by atoms with Gasteiger partial charge in [-0.05, 0) is 13.0 Å². The van der Waals surface area contributed by atoms with E-state index >= 15 is 0 Å². The Morgan fingerprint density at radius 3 is 2.53 bits per heavy atom. The Kier molecular flexibility index (Phi) is 3.90. The summed E-state index contributed by atoms with van der Waals surface area (Å²) in [6.45, 7) is 2.81. The van der Waals surface area contributed by atoms with Crippen molar-refractivity contribution < 1.29 is 14.3 Å². The zero-order valence-corrected chi connectivity index (χ0v) is 11.3. The second kappa shape index (κ2) is 5.61. The van der Waals surface area contributed by atoms with Gasteiger partial charge in [0.05, 0.1) is 19.8 Å². The fourth-order valence-electron chi connectivity index (χ4n) is 2.04. The van der Waals surface area contributed by atoms with Gasteiger partial charge < -0.3 is 14.0 Å². The van der Waals surface area contributed by atoms with Crippen molar-refractivity contribution in [2.24, 2.45) is 0 Å². The Bertz CT molecular complexity index is 587. The molecule has 0 fully saturated rings. The summed E-state index contributed by atoms with van der Waals surface area (Å²) in [4.78, 5) is 11.9. The molecule has 0 aliphatic carbocycles. The minimum absolute atomic E-state index is 0.340. The molecule has 0 aliphatic heterocycles. The van der Waals surface area contributed by atoms with Crippen molar-refractivity contribution in [2.45, 2.75) is 13.5 Å². The predicted octanol–water partition coefficient (Wildman–Crippen LogP) is 2.97. The Balaban J connectivity index is 2.60. The van der Waals surface area contributed by atoms with Crippen LogP contribution in [0.3, 0.4) is 0 Å². The number of carbonyl (C=O) groups is 1. The lowest BCUT2D eigenvalue weighted by Crippen LogP contribution is -2.01. The van der Waals surface area contributed by atoms with Crippen LogP contribution in [0.15, 0.2) is 36.7 Å². The zero-order valence-electron chi connectivity index (χ0n) is 11.3. The van der Waals surface area contributed by atoms with Gasteiger partial charge in [-0.25, -0.2) is 4.79 Å². The highest BCUT2D eigenvalue weighted by Crippen LogP contribution is 2.33. The normalized spacial score (nSPS) is 10.3. The molecule has 0 bridgehead atoms. The largest absolute Gasteiger partial charge is 0.496 e. The number of nitrogens with zero attached hydrogens (tertiary/aromatic N) is 1. The third-order valence-electron chi connectivity index (χ3n) is 3.05. The predicted molar refractivity (Wildman–Crippen MR) is 73.4 cm³/mol. The smallest absolute Gasteiger partial charge is 0.340 e. The van der Waals surface area contributed by atoms with Crippen LogP contribution in [0.25, 0.3) is 11.1 Å². The van der Waals surface area contributed by atoms with E-state index in [0.29, 0.717) is 5.56 Å². The first-order valence-corrected chi connectivity index (χ1v) is 6.12. The summed E-state index contributed by atoms with van der Waals surface area (Å²) in [6.07, 6.45) is 3.73. The van der Waals surface area contributed by atoms with Crippen LogP contribution in [0.5, 0.6) is 5.75 Å². The highest BCUT2D eigenvalue weighted by atomic mass is 16.5. The van der Waals surface area contributed by atoms with Crippen molar-refractivity contribution in [1.82, 2.24) is 4.57 Å². The van der Waals surface area contributed by atoms with E-state index in [-0.39, 0.29) is 5.97 Å². The molecule has 0 radical (unpaired) electrons. The number of para-hydroxylation sites is 1. The average Bonchev–Trinajstić information content (AvgIpc) is 2.90. The van der Waals surface area contributed by atoms with Gasteiger partial charge in [-0.3, -0.25) is 0 Å². The van der Waals surface area contributed by atoms with Crippen LogP contribution in [0.4, 0.5) is 0 Å². The van der Waals surface area contributed by atoms with Gasteiger partial charge in [0.2, 0.25) is 0 Å². The van der Waals surface area contributed by atoms with E-state index < -0.39 is 0 Å². The lowest BCUT2D eigenvalue weighted by Gasteiger charge is -2.08. The van der Waals surface area contributed by atoms with E-state index in [1.165, 1.54) is 7.11 Å². The Morgan fingerprint density at radius 2 is 1.89 bits per heavy atom. The van der Waals surface area contributed by atoms with Crippen LogP contribution >= 0.6 is 0 Å². The Labute approximate surface area is 112 Å². The van der Waals surface area contributed by atoms with Crippen LogP contribution in [0.2, 0.25) is 0 Å². The minimum atomic E-state index is -0.340. The van der Waals surface area contributed by atoms with Gasteiger partial charge >= 0.3 is 5.97 Å². The van der Waals surface area contributed by atoms with Crippen molar-refractivity contribution in [3.05, 3.63) is 42.2 Å². The molecule has 0 N–H and O–H groups in total. The number of esters is 1. The van der Waals surface area contributed by atoms with Crippen molar-refractivity contribution in [3.63, 3.8) is 0 Å². The molecule has 0 aliphatic rings. The maximum Gasteiger partial charge on any atom is 0.340 e. The van der Waals surface area contributed by atoms with Gasteiger partial charge in [0.25, 0.3) is 0 Å². The number of ether oxygens (including phenoxy) is 2. The second-order valence-corrected chi connectivity index (χ2v) is 4.11. The van der Waals surface area contributed by atoms with Gasteiger partial charge in [0.1, 0.15) is 5.75 Å². The number of rotatable bonds is 4. The molecule has 2 aromatic rings. The molecule has 19 heavy (non-hydrogen) atoms. The molecular formula is C15H17NO3. The summed E-state index contributed by atoms with van der Waals surface area (Å²) in [5, 5.41) is 0. The SMILES string of the molecule is CCn1cc(C(=O)OC)c(-c2ccccc2OC)c1. The van der Waals surface area contributed by atoms with Crippen molar-refractivity contribution in [1.29, 1.82) is 0 Å². The molecule has 0 atom stereocenters. The van der Waals surface area contributed by atoms with E-state index in [1.807, 2.05) is 42.0 Å². The van der Waals surface area contributed by atoms with Gasteiger partial charge in [-0.2, -0.15) is 0 Å². The molecule has 4 heteroatoms. The molecule has 1 heterocycles. The number of hydrogen-bond donors (Lipinski definition) is 0. The zero-order chi connectivity index (χ0) is 13.8. The van der Waals surface area contributed by atoms with Gasteiger partial charge in [0.15, 0.2) is 0 Å². The quantitative estimate of drug-likeness (QED) is 0.792. The van der Waals surface area contributed by atoms with Gasteiger partial charge in [-0.15, -0.1) is 0 Å². The van der Waals surface area contributed by atoms with Crippen molar-refractivity contribution in [2.75, 3.05) is 14.2 Å². The van der Waals surface area contributed by atoms with Crippen LogP contribution in [0.1, 0.15) is 17.3 Å². The van der Waals surface area contributed by atoms with Crippen LogP contribution in [-0.2, 0) is 11.3 Å². The van der Waals surface area contributed by atoms with Gasteiger partial charge in [0, 0.05) is 30.1 Å². The van der Waals surface area contributed by atoms with Crippen LogP contribution in [0, 0.1) is 0 Å². The summed E-state index contributed by atoms with van der Waals surface area (Å²) < 4.78 is 12.1. The fraction of sp³-hybridized carbons (Fsp3) is 0.267. The molecular weight excluding hydrogens is 242 g/mol. The summed E-state index contributed by atoms with van der Waals surface area (Å²) in [7, 11) is 3.01. The molecule has 0 unspecified atom stereocenters. The summed E-state index contributed by atoms with van der Waals surface area (Å²) >= 11 is 0. The highest BCUT2D eigenvalue weighted by Gasteiger charge is 2.18. The molecule has 0 amide bonds. The van der Waals surface area contributed by atoms with Crippen LogP contribution in [-0.4, -0.2) is 24.8 Å². The van der Waals surface area contributed by atoms with E-state index in [4.69, 9.17) is 9.47 Å². The Morgan fingerprint density at radius 1 is 1.16 bits per heavy atom. The number of hydrogen-bond acceptors (Lipinski definition) is 3. The van der Waals surface area contributed by atoms with Crippen LogP contribution < -0.4 is 4.74 Å². The first-order chi connectivity index (χ1) is 9.21. The summed E-state index contributed by atoms with van der Waals surface area (Å²) in [6, 6.07) is 7.62. The third-order valence-corrected chi connectivity index (χ3v) is 3.05. The number of carbonyl (C=O) groups excluding carboxylic acids is 1. The molecule has 0 spiro atoms. The summed E-state index contributed by atoms with van der Waals surface area (Å²) in [5.74, 6) is 0.398. The van der Waals surface area contributed by atoms with E-state index in [0.717, 1.165) is 23.4 Å². The molecule has 0 saturated carbocycles. The third kappa shape index (κ3) is 2.47. The molecule has 2 rings (SSSR count). The fourth-order valence-corrected chi connectivity index (χ4v) is 2.04. The lowest BCUT2D eigenvalue weighted by molar-refractivity contribution is 0.0601. The second-order valence-electron chi connectivity index (χ2n) is 4.11. The van der Waals surface area contributed by atoms with E-state index in [2.05, 4.69) is 0 Å².